The highest BCUT2D eigenvalue weighted by Crippen LogP contribution is 2.30. The van der Waals surface area contributed by atoms with E-state index in [4.69, 9.17) is 4.74 Å². The number of halogens is 2. The van der Waals surface area contributed by atoms with Gasteiger partial charge in [0.05, 0.1) is 7.11 Å². The van der Waals surface area contributed by atoms with Crippen LogP contribution >= 0.6 is 0 Å². The molecule has 0 spiro atoms. The predicted octanol–water partition coefficient (Wildman–Crippen LogP) is 4.93. The van der Waals surface area contributed by atoms with E-state index in [-0.39, 0.29) is 23.0 Å². The molecule has 1 aliphatic heterocycles. The zero-order valence-electron chi connectivity index (χ0n) is 15.8. The molecule has 7 heteroatoms. The Hall–Kier alpha value is -2.83. The van der Waals surface area contributed by atoms with Crippen LogP contribution in [0.15, 0.2) is 42.5 Å². The van der Waals surface area contributed by atoms with Gasteiger partial charge in [0.15, 0.2) is 11.5 Å². The van der Waals surface area contributed by atoms with Crippen molar-refractivity contribution in [1.29, 1.82) is 0 Å². The summed E-state index contributed by atoms with van der Waals surface area (Å²) in [5.74, 6) is -0.398. The van der Waals surface area contributed by atoms with E-state index in [9.17, 15) is 13.6 Å². The standard InChI is InChI=1S/C21H24F2N2O3/c1-27-19-14-15(6-11-18(19)28-21(22)23)20(26)24-16-7-9-17(10-8-16)25-12-4-2-3-5-13-25/h6-11,14,21H,2-5,12-13H2,1H3,(H,24,26). The average molecular weight is 390 g/mol. The van der Waals surface area contributed by atoms with Gasteiger partial charge in [-0.25, -0.2) is 0 Å². The molecule has 1 aliphatic rings. The van der Waals surface area contributed by atoms with Crippen molar-refractivity contribution >= 4 is 17.3 Å². The minimum Gasteiger partial charge on any atom is -0.493 e. The molecule has 0 bridgehead atoms. The molecule has 1 N–H and O–H groups in total. The van der Waals surface area contributed by atoms with Gasteiger partial charge in [-0.2, -0.15) is 8.78 Å². The third kappa shape index (κ3) is 5.12. The third-order valence-electron chi connectivity index (χ3n) is 4.74. The molecule has 0 atom stereocenters. The molecule has 1 fully saturated rings. The maximum absolute atomic E-state index is 12.5. The number of anilines is 2. The lowest BCUT2D eigenvalue weighted by atomic mass is 10.1. The lowest BCUT2D eigenvalue weighted by Gasteiger charge is -2.22. The second-order valence-electron chi connectivity index (χ2n) is 6.65. The Morgan fingerprint density at radius 3 is 2.29 bits per heavy atom. The summed E-state index contributed by atoms with van der Waals surface area (Å²) in [6, 6.07) is 11.8. The molecular formula is C21H24F2N2O3. The number of benzene rings is 2. The normalized spacial score (nSPS) is 14.5. The zero-order valence-corrected chi connectivity index (χ0v) is 15.8. The molecule has 28 heavy (non-hydrogen) atoms. The van der Waals surface area contributed by atoms with Crippen LogP contribution in [0.2, 0.25) is 0 Å². The highest BCUT2D eigenvalue weighted by Gasteiger charge is 2.15. The quantitative estimate of drug-likeness (QED) is 0.760. The summed E-state index contributed by atoms with van der Waals surface area (Å²) in [6.45, 7) is -0.854. The molecule has 0 aliphatic carbocycles. The van der Waals surface area contributed by atoms with Crippen LogP contribution in [0.1, 0.15) is 36.0 Å². The van der Waals surface area contributed by atoms with Crippen LogP contribution in [0.5, 0.6) is 11.5 Å². The zero-order chi connectivity index (χ0) is 19.9. The summed E-state index contributed by atoms with van der Waals surface area (Å²) >= 11 is 0. The van der Waals surface area contributed by atoms with E-state index in [0.29, 0.717) is 5.69 Å². The molecule has 1 amide bonds. The molecule has 150 valence electrons. The van der Waals surface area contributed by atoms with E-state index < -0.39 is 6.61 Å². The number of nitrogens with one attached hydrogen (secondary N) is 1. The van der Waals surface area contributed by atoms with Crippen molar-refractivity contribution in [2.24, 2.45) is 0 Å². The maximum Gasteiger partial charge on any atom is 0.387 e. The molecule has 1 heterocycles. The molecule has 0 saturated carbocycles. The van der Waals surface area contributed by atoms with Crippen molar-refractivity contribution in [3.05, 3.63) is 48.0 Å². The molecule has 0 radical (unpaired) electrons. The second kappa shape index (κ2) is 9.39. The van der Waals surface area contributed by atoms with Crippen molar-refractivity contribution in [3.63, 3.8) is 0 Å². The fraction of sp³-hybridized carbons (Fsp3) is 0.381. The molecular weight excluding hydrogens is 366 g/mol. The van der Waals surface area contributed by atoms with Crippen LogP contribution < -0.4 is 19.7 Å². The lowest BCUT2D eigenvalue weighted by Crippen LogP contribution is -2.23. The number of rotatable bonds is 6. The largest absolute Gasteiger partial charge is 0.493 e. The molecule has 2 aromatic carbocycles. The first-order valence-corrected chi connectivity index (χ1v) is 9.36. The second-order valence-corrected chi connectivity index (χ2v) is 6.65. The SMILES string of the molecule is COc1cc(C(=O)Nc2ccc(N3CCCCCC3)cc2)ccc1OC(F)F. The molecule has 0 unspecified atom stereocenters. The summed E-state index contributed by atoms with van der Waals surface area (Å²) in [5.41, 5.74) is 2.10. The number of carbonyl (C=O) groups excluding carboxylic acids is 1. The van der Waals surface area contributed by atoms with E-state index in [1.807, 2.05) is 24.3 Å². The van der Waals surface area contributed by atoms with Crippen molar-refractivity contribution in [1.82, 2.24) is 0 Å². The van der Waals surface area contributed by atoms with Crippen LogP contribution in [0, 0.1) is 0 Å². The van der Waals surface area contributed by atoms with Gasteiger partial charge in [0.25, 0.3) is 5.91 Å². The van der Waals surface area contributed by atoms with Gasteiger partial charge in [0.1, 0.15) is 0 Å². The fourth-order valence-electron chi connectivity index (χ4n) is 3.29. The van der Waals surface area contributed by atoms with Crippen molar-refractivity contribution in [2.45, 2.75) is 32.3 Å². The van der Waals surface area contributed by atoms with Crippen LogP contribution in [0.3, 0.4) is 0 Å². The lowest BCUT2D eigenvalue weighted by molar-refractivity contribution is -0.0512. The number of carbonyl (C=O) groups is 1. The van der Waals surface area contributed by atoms with Gasteiger partial charge in [-0.3, -0.25) is 4.79 Å². The number of hydrogen-bond donors (Lipinski definition) is 1. The van der Waals surface area contributed by atoms with E-state index in [2.05, 4.69) is 15.0 Å². The number of alkyl halides is 2. The van der Waals surface area contributed by atoms with Gasteiger partial charge in [-0.05, 0) is 55.3 Å². The van der Waals surface area contributed by atoms with Gasteiger partial charge in [0.2, 0.25) is 0 Å². The summed E-state index contributed by atoms with van der Waals surface area (Å²) in [4.78, 5) is 14.8. The van der Waals surface area contributed by atoms with Gasteiger partial charge >= 0.3 is 6.61 Å². The Labute approximate surface area is 163 Å². The third-order valence-corrected chi connectivity index (χ3v) is 4.74. The summed E-state index contributed by atoms with van der Waals surface area (Å²) < 4.78 is 34.2. The Bertz CT molecular complexity index is 789. The van der Waals surface area contributed by atoms with Crippen LogP contribution in [0.25, 0.3) is 0 Å². The van der Waals surface area contributed by atoms with E-state index >= 15 is 0 Å². The molecule has 2 aromatic rings. The fourth-order valence-corrected chi connectivity index (χ4v) is 3.29. The van der Waals surface area contributed by atoms with Gasteiger partial charge in [-0.1, -0.05) is 12.8 Å². The average Bonchev–Trinajstić information content (AvgIpc) is 2.98. The van der Waals surface area contributed by atoms with Crippen molar-refractivity contribution < 1.29 is 23.0 Å². The highest BCUT2D eigenvalue weighted by molar-refractivity contribution is 6.04. The van der Waals surface area contributed by atoms with Crippen molar-refractivity contribution in [3.8, 4) is 11.5 Å². The van der Waals surface area contributed by atoms with Crippen LogP contribution in [-0.2, 0) is 0 Å². The highest BCUT2D eigenvalue weighted by atomic mass is 19.3. The summed E-state index contributed by atoms with van der Waals surface area (Å²) in [5, 5.41) is 2.81. The Kier molecular flexibility index (Phi) is 6.68. The summed E-state index contributed by atoms with van der Waals surface area (Å²) in [7, 11) is 1.33. The van der Waals surface area contributed by atoms with Crippen LogP contribution in [0.4, 0.5) is 20.2 Å². The molecule has 5 nitrogen and oxygen atoms in total. The first kappa shape index (κ1) is 19.9. The smallest absolute Gasteiger partial charge is 0.387 e. The minimum atomic E-state index is -2.96. The van der Waals surface area contributed by atoms with Gasteiger partial charge in [-0.15, -0.1) is 0 Å². The van der Waals surface area contributed by atoms with E-state index in [1.165, 1.54) is 51.0 Å². The number of hydrogen-bond acceptors (Lipinski definition) is 4. The first-order chi connectivity index (χ1) is 13.6. The molecule has 3 rings (SSSR count). The Morgan fingerprint density at radius 2 is 1.68 bits per heavy atom. The van der Waals surface area contributed by atoms with E-state index in [0.717, 1.165) is 18.8 Å². The van der Waals surface area contributed by atoms with Gasteiger partial charge in [0, 0.05) is 30.0 Å². The van der Waals surface area contributed by atoms with Crippen molar-refractivity contribution in [2.75, 3.05) is 30.4 Å². The predicted molar refractivity (Wildman–Crippen MR) is 105 cm³/mol. The molecule has 1 saturated heterocycles. The number of ether oxygens (including phenoxy) is 2. The Morgan fingerprint density at radius 1 is 1.00 bits per heavy atom. The summed E-state index contributed by atoms with van der Waals surface area (Å²) in [6.07, 6.45) is 4.95. The van der Waals surface area contributed by atoms with Gasteiger partial charge < -0.3 is 19.7 Å². The van der Waals surface area contributed by atoms with Crippen LogP contribution in [-0.4, -0.2) is 32.7 Å². The number of amides is 1. The minimum absolute atomic E-state index is 0.0736. The monoisotopic (exact) mass is 390 g/mol. The maximum atomic E-state index is 12.5. The topological polar surface area (TPSA) is 50.8 Å². The Balaban J connectivity index is 1.67. The molecule has 0 aromatic heterocycles. The first-order valence-electron chi connectivity index (χ1n) is 9.36. The number of methoxy groups -OCH3 is 1. The van der Waals surface area contributed by atoms with E-state index in [1.54, 1.807) is 0 Å². The number of nitrogens with zero attached hydrogens (tertiary/aromatic N) is 1.